The molecule has 0 saturated heterocycles. The number of para-hydroxylation sites is 2. The zero-order chi connectivity index (χ0) is 37.9. The Kier molecular flexibility index (Phi) is 5.78. The fourth-order valence-corrected chi connectivity index (χ4v) is 11.0. The van der Waals surface area contributed by atoms with E-state index in [1.807, 2.05) is 0 Å². The Balaban J connectivity index is 1.25. The molecule has 3 nitrogen and oxygen atoms in total. The van der Waals surface area contributed by atoms with Gasteiger partial charge in [0.15, 0.2) is 0 Å². The molecule has 8 aromatic carbocycles. The third-order valence-corrected chi connectivity index (χ3v) is 13.6. The summed E-state index contributed by atoms with van der Waals surface area (Å²) in [6, 6.07) is 55.6. The van der Waals surface area contributed by atoms with Gasteiger partial charge in [0.2, 0.25) is 0 Å². The molecular weight excluding hydrogens is 695 g/mol. The van der Waals surface area contributed by atoms with Crippen molar-refractivity contribution in [1.82, 2.24) is 4.57 Å². The van der Waals surface area contributed by atoms with Crippen molar-refractivity contribution in [3.63, 3.8) is 0 Å². The molecule has 0 fully saturated rings. The summed E-state index contributed by atoms with van der Waals surface area (Å²) >= 11 is 0. The van der Waals surface area contributed by atoms with Crippen molar-refractivity contribution in [2.24, 2.45) is 0 Å². The summed E-state index contributed by atoms with van der Waals surface area (Å²) in [7, 11) is 0. The van der Waals surface area contributed by atoms with Crippen LogP contribution in [0, 0.1) is 0 Å². The standard InChI is InChI=1S/C54H37NO2/c1-53(2)40-19-9-5-14-31(40)32-25-24-30(28-42(32)53)55-51-34(26-27-46-49(51)37-17-8-12-22-44(37)57-46)39-29-38(33-18-13-23-45-47(33)36-16-7-11-21-43(36)56-45)48-35-15-6-10-20-41(35)54(3,4)50(48)52(39)55/h5-29H,1-4H3. The van der Waals surface area contributed by atoms with Crippen LogP contribution in [0.4, 0.5) is 0 Å². The van der Waals surface area contributed by atoms with Gasteiger partial charge in [-0.2, -0.15) is 0 Å². The summed E-state index contributed by atoms with van der Waals surface area (Å²) in [5, 5.41) is 7.02. The first-order valence-electron chi connectivity index (χ1n) is 20.0. The lowest BCUT2D eigenvalue weighted by molar-refractivity contribution is 0.659. The Morgan fingerprint density at radius 3 is 1.75 bits per heavy atom. The Labute approximate surface area is 329 Å². The SMILES string of the molecule is CC1(C)c2ccccc2-c2ccc(-n3c4c5c(c(-c6cccc7oc8ccccc8c67)cc4c4ccc6oc7ccccc7c6c43)-c3ccccc3C5(C)C)cc21. The van der Waals surface area contributed by atoms with E-state index in [1.54, 1.807) is 0 Å². The lowest BCUT2D eigenvalue weighted by Crippen LogP contribution is -2.17. The largest absolute Gasteiger partial charge is 0.456 e. The third-order valence-electron chi connectivity index (χ3n) is 13.6. The molecule has 0 bridgehead atoms. The predicted octanol–water partition coefficient (Wildman–Crippen LogP) is 14.9. The number of aromatic nitrogens is 1. The van der Waals surface area contributed by atoms with E-state index in [1.165, 1.54) is 77.4 Å². The van der Waals surface area contributed by atoms with E-state index in [0.717, 1.165) is 49.6 Å². The quantitative estimate of drug-likeness (QED) is 0.177. The van der Waals surface area contributed by atoms with E-state index in [4.69, 9.17) is 8.83 Å². The average molecular weight is 732 g/mol. The van der Waals surface area contributed by atoms with Gasteiger partial charge in [0.25, 0.3) is 0 Å². The molecule has 0 N–H and O–H groups in total. The number of benzene rings is 8. The number of rotatable bonds is 2. The second kappa shape index (κ2) is 10.5. The molecule has 57 heavy (non-hydrogen) atoms. The van der Waals surface area contributed by atoms with Crippen LogP contribution in [-0.2, 0) is 10.8 Å². The van der Waals surface area contributed by atoms with Crippen molar-refractivity contribution in [3.05, 3.63) is 174 Å². The van der Waals surface area contributed by atoms with Gasteiger partial charge in [-0.3, -0.25) is 0 Å². The Morgan fingerprint density at radius 2 is 0.982 bits per heavy atom. The fraction of sp³-hybridized carbons (Fsp3) is 0.111. The third kappa shape index (κ3) is 3.82. The zero-order valence-corrected chi connectivity index (χ0v) is 32.2. The van der Waals surface area contributed by atoms with Crippen LogP contribution in [0.1, 0.15) is 49.9 Å². The molecule has 0 atom stereocenters. The molecule has 3 heteroatoms. The van der Waals surface area contributed by atoms with Crippen molar-refractivity contribution >= 4 is 65.7 Å². The summed E-state index contributed by atoms with van der Waals surface area (Å²) in [5.74, 6) is 0. The summed E-state index contributed by atoms with van der Waals surface area (Å²) < 4.78 is 15.7. The second-order valence-corrected chi connectivity index (χ2v) is 17.2. The molecule has 11 aromatic rings. The molecule has 13 rings (SSSR count). The first-order chi connectivity index (χ1) is 27.8. The Hall–Kier alpha value is -6.84. The number of fused-ring (bicyclic) bond motifs is 17. The van der Waals surface area contributed by atoms with Crippen molar-refractivity contribution < 1.29 is 8.83 Å². The van der Waals surface area contributed by atoms with Gasteiger partial charge in [0.1, 0.15) is 22.3 Å². The van der Waals surface area contributed by atoms with Gasteiger partial charge in [-0.25, -0.2) is 0 Å². The first kappa shape index (κ1) is 31.4. The molecule has 0 unspecified atom stereocenters. The highest BCUT2D eigenvalue weighted by Gasteiger charge is 2.42. The van der Waals surface area contributed by atoms with Gasteiger partial charge in [0.05, 0.1) is 16.4 Å². The van der Waals surface area contributed by atoms with Crippen molar-refractivity contribution in [3.8, 4) is 39.1 Å². The van der Waals surface area contributed by atoms with E-state index in [-0.39, 0.29) is 10.8 Å². The summed E-state index contributed by atoms with van der Waals surface area (Å²) in [6.07, 6.45) is 0. The van der Waals surface area contributed by atoms with Crippen LogP contribution in [0.2, 0.25) is 0 Å². The first-order valence-corrected chi connectivity index (χ1v) is 20.0. The van der Waals surface area contributed by atoms with E-state index in [9.17, 15) is 0 Å². The minimum absolute atomic E-state index is 0.144. The van der Waals surface area contributed by atoms with Crippen LogP contribution in [0.3, 0.4) is 0 Å². The highest BCUT2D eigenvalue weighted by Crippen LogP contribution is 2.58. The topological polar surface area (TPSA) is 31.2 Å². The van der Waals surface area contributed by atoms with Gasteiger partial charge < -0.3 is 13.4 Å². The van der Waals surface area contributed by atoms with Gasteiger partial charge in [-0.05, 0) is 104 Å². The molecule has 0 amide bonds. The summed E-state index contributed by atoms with van der Waals surface area (Å²) in [5.41, 5.74) is 19.9. The van der Waals surface area contributed by atoms with E-state index < -0.39 is 0 Å². The smallest absolute Gasteiger partial charge is 0.137 e. The molecule has 0 aliphatic heterocycles. The second-order valence-electron chi connectivity index (χ2n) is 17.2. The highest BCUT2D eigenvalue weighted by atomic mass is 16.3. The normalized spacial score (nSPS) is 14.9. The van der Waals surface area contributed by atoms with Crippen LogP contribution in [0.15, 0.2) is 160 Å². The lowest BCUT2D eigenvalue weighted by atomic mass is 9.80. The molecular formula is C54H37NO2. The number of hydrogen-bond donors (Lipinski definition) is 0. The maximum atomic E-state index is 6.63. The van der Waals surface area contributed by atoms with Gasteiger partial charge in [0, 0.05) is 43.4 Å². The van der Waals surface area contributed by atoms with Crippen LogP contribution >= 0.6 is 0 Å². The molecule has 3 heterocycles. The minimum atomic E-state index is -0.303. The monoisotopic (exact) mass is 731 g/mol. The number of furan rings is 2. The fourth-order valence-electron chi connectivity index (χ4n) is 11.0. The van der Waals surface area contributed by atoms with Crippen molar-refractivity contribution in [1.29, 1.82) is 0 Å². The zero-order valence-electron chi connectivity index (χ0n) is 32.2. The predicted molar refractivity (Wildman–Crippen MR) is 236 cm³/mol. The average Bonchev–Trinajstić information content (AvgIpc) is 4.00. The van der Waals surface area contributed by atoms with E-state index in [2.05, 4.69) is 184 Å². The number of hydrogen-bond acceptors (Lipinski definition) is 2. The van der Waals surface area contributed by atoms with Crippen LogP contribution < -0.4 is 0 Å². The maximum absolute atomic E-state index is 6.63. The van der Waals surface area contributed by atoms with Crippen molar-refractivity contribution in [2.45, 2.75) is 38.5 Å². The van der Waals surface area contributed by atoms with E-state index in [0.29, 0.717) is 0 Å². The molecule has 0 radical (unpaired) electrons. The molecule has 0 spiro atoms. The Morgan fingerprint density at radius 1 is 0.386 bits per heavy atom. The number of nitrogens with zero attached hydrogens (tertiary/aromatic N) is 1. The van der Waals surface area contributed by atoms with Crippen molar-refractivity contribution in [2.75, 3.05) is 0 Å². The lowest BCUT2D eigenvalue weighted by Gasteiger charge is -2.25. The van der Waals surface area contributed by atoms with Crippen LogP contribution in [-0.4, -0.2) is 4.57 Å². The minimum Gasteiger partial charge on any atom is -0.456 e. The molecule has 0 saturated carbocycles. The van der Waals surface area contributed by atoms with Crippen LogP contribution in [0.25, 0.3) is 105 Å². The summed E-state index contributed by atoms with van der Waals surface area (Å²) in [6.45, 7) is 9.59. The van der Waals surface area contributed by atoms with E-state index >= 15 is 0 Å². The summed E-state index contributed by atoms with van der Waals surface area (Å²) in [4.78, 5) is 0. The molecule has 2 aliphatic carbocycles. The highest BCUT2D eigenvalue weighted by molar-refractivity contribution is 6.27. The molecule has 270 valence electrons. The van der Waals surface area contributed by atoms with Gasteiger partial charge >= 0.3 is 0 Å². The molecule has 3 aromatic heterocycles. The van der Waals surface area contributed by atoms with Gasteiger partial charge in [-0.1, -0.05) is 131 Å². The van der Waals surface area contributed by atoms with Crippen LogP contribution in [0.5, 0.6) is 0 Å². The molecule has 2 aliphatic rings. The van der Waals surface area contributed by atoms with Gasteiger partial charge in [-0.15, -0.1) is 0 Å². The Bertz CT molecular complexity index is 3580. The maximum Gasteiger partial charge on any atom is 0.137 e.